The Balaban J connectivity index is 2.10. The second-order valence-corrected chi connectivity index (χ2v) is 5.83. The van der Waals surface area contributed by atoms with Gasteiger partial charge in [0.2, 0.25) is 0 Å². The van der Waals surface area contributed by atoms with Crippen LogP contribution in [0.2, 0.25) is 0 Å². The van der Waals surface area contributed by atoms with Crippen LogP contribution in [0.3, 0.4) is 0 Å². The van der Waals surface area contributed by atoms with E-state index in [2.05, 4.69) is 20.8 Å². The van der Waals surface area contributed by atoms with E-state index >= 15 is 0 Å². The summed E-state index contributed by atoms with van der Waals surface area (Å²) in [5.41, 5.74) is 1.16. The SMILES string of the molecule is COC(=O)[C@H]1CCCCN1Cc1ccc(OC)c(Br)c1. The van der Waals surface area contributed by atoms with E-state index in [0.717, 1.165) is 48.1 Å². The number of rotatable bonds is 4. The second kappa shape index (κ2) is 7.09. The molecule has 1 atom stereocenters. The van der Waals surface area contributed by atoms with Crippen LogP contribution in [0.5, 0.6) is 5.75 Å². The summed E-state index contributed by atoms with van der Waals surface area (Å²) in [6, 6.07) is 5.90. The zero-order chi connectivity index (χ0) is 14.5. The first-order chi connectivity index (χ1) is 9.65. The van der Waals surface area contributed by atoms with Crippen LogP contribution in [0.25, 0.3) is 0 Å². The molecule has 0 spiro atoms. The average Bonchev–Trinajstić information content (AvgIpc) is 2.47. The third-order valence-corrected chi connectivity index (χ3v) is 4.31. The van der Waals surface area contributed by atoms with E-state index < -0.39 is 0 Å². The number of benzene rings is 1. The maximum absolute atomic E-state index is 11.8. The number of esters is 1. The fourth-order valence-corrected chi connectivity index (χ4v) is 3.21. The van der Waals surface area contributed by atoms with Gasteiger partial charge in [0.1, 0.15) is 11.8 Å². The molecule has 0 saturated carbocycles. The highest BCUT2D eigenvalue weighted by atomic mass is 79.9. The monoisotopic (exact) mass is 341 g/mol. The Labute approximate surface area is 128 Å². The van der Waals surface area contributed by atoms with Gasteiger partial charge in [0.15, 0.2) is 0 Å². The van der Waals surface area contributed by atoms with Gasteiger partial charge in [-0.2, -0.15) is 0 Å². The summed E-state index contributed by atoms with van der Waals surface area (Å²) in [5, 5.41) is 0. The Morgan fingerprint density at radius 1 is 1.40 bits per heavy atom. The van der Waals surface area contributed by atoms with Gasteiger partial charge >= 0.3 is 5.97 Å². The zero-order valence-electron chi connectivity index (χ0n) is 11.9. The van der Waals surface area contributed by atoms with E-state index in [1.54, 1.807) is 7.11 Å². The van der Waals surface area contributed by atoms with Crippen molar-refractivity contribution in [3.63, 3.8) is 0 Å². The number of methoxy groups -OCH3 is 2. The Bertz CT molecular complexity index is 478. The number of ether oxygens (including phenoxy) is 2. The predicted octanol–water partition coefficient (Wildman–Crippen LogP) is 2.99. The van der Waals surface area contributed by atoms with Crippen LogP contribution < -0.4 is 4.74 Å². The number of carbonyl (C=O) groups excluding carboxylic acids is 1. The van der Waals surface area contributed by atoms with Crippen LogP contribution >= 0.6 is 15.9 Å². The Kier molecular flexibility index (Phi) is 5.43. The molecule has 5 heteroatoms. The minimum absolute atomic E-state index is 0.116. The number of carbonyl (C=O) groups is 1. The Morgan fingerprint density at radius 3 is 2.85 bits per heavy atom. The molecule has 0 amide bonds. The first-order valence-electron chi connectivity index (χ1n) is 6.80. The first-order valence-corrected chi connectivity index (χ1v) is 7.59. The van der Waals surface area contributed by atoms with Gasteiger partial charge < -0.3 is 9.47 Å². The topological polar surface area (TPSA) is 38.8 Å². The molecular weight excluding hydrogens is 322 g/mol. The molecule has 1 saturated heterocycles. The molecule has 0 unspecified atom stereocenters. The highest BCUT2D eigenvalue weighted by Crippen LogP contribution is 2.27. The maximum Gasteiger partial charge on any atom is 0.323 e. The fourth-order valence-electron chi connectivity index (χ4n) is 2.63. The van der Waals surface area contributed by atoms with E-state index in [1.807, 2.05) is 18.2 Å². The minimum Gasteiger partial charge on any atom is -0.496 e. The molecule has 1 aliphatic rings. The average molecular weight is 342 g/mol. The van der Waals surface area contributed by atoms with Crippen LogP contribution in [0.1, 0.15) is 24.8 Å². The molecule has 0 bridgehead atoms. The number of nitrogens with zero attached hydrogens (tertiary/aromatic N) is 1. The van der Waals surface area contributed by atoms with Crippen LogP contribution in [0, 0.1) is 0 Å². The molecule has 0 aliphatic carbocycles. The van der Waals surface area contributed by atoms with Crippen molar-refractivity contribution in [1.29, 1.82) is 0 Å². The lowest BCUT2D eigenvalue weighted by Crippen LogP contribution is -2.44. The molecule has 4 nitrogen and oxygen atoms in total. The molecule has 1 fully saturated rings. The summed E-state index contributed by atoms with van der Waals surface area (Å²) in [5.74, 6) is 0.689. The molecule has 1 heterocycles. The lowest BCUT2D eigenvalue weighted by atomic mass is 10.0. The van der Waals surface area contributed by atoms with Gasteiger partial charge in [0, 0.05) is 6.54 Å². The van der Waals surface area contributed by atoms with Crippen molar-refractivity contribution in [3.8, 4) is 5.75 Å². The zero-order valence-corrected chi connectivity index (χ0v) is 13.5. The van der Waals surface area contributed by atoms with E-state index in [-0.39, 0.29) is 12.0 Å². The fraction of sp³-hybridized carbons (Fsp3) is 0.533. The van der Waals surface area contributed by atoms with Gasteiger partial charge in [-0.15, -0.1) is 0 Å². The third-order valence-electron chi connectivity index (χ3n) is 3.69. The highest BCUT2D eigenvalue weighted by molar-refractivity contribution is 9.10. The number of piperidine rings is 1. The van der Waals surface area contributed by atoms with Crippen LogP contribution in [-0.4, -0.2) is 37.7 Å². The van der Waals surface area contributed by atoms with Crippen molar-refractivity contribution < 1.29 is 14.3 Å². The van der Waals surface area contributed by atoms with Gasteiger partial charge in [0.05, 0.1) is 18.7 Å². The predicted molar refractivity (Wildman–Crippen MR) is 80.8 cm³/mol. The minimum atomic E-state index is -0.128. The number of hydrogen-bond donors (Lipinski definition) is 0. The summed E-state index contributed by atoms with van der Waals surface area (Å²) < 4.78 is 11.1. The Morgan fingerprint density at radius 2 is 2.20 bits per heavy atom. The maximum atomic E-state index is 11.8. The van der Waals surface area contributed by atoms with Crippen molar-refractivity contribution in [2.24, 2.45) is 0 Å². The van der Waals surface area contributed by atoms with Gasteiger partial charge in [-0.25, -0.2) is 0 Å². The molecule has 20 heavy (non-hydrogen) atoms. The lowest BCUT2D eigenvalue weighted by Gasteiger charge is -2.33. The quantitative estimate of drug-likeness (QED) is 0.789. The molecule has 1 aromatic rings. The molecule has 1 aromatic carbocycles. The smallest absolute Gasteiger partial charge is 0.323 e. The number of likely N-dealkylation sites (tertiary alicyclic amines) is 1. The number of halogens is 1. The molecule has 0 N–H and O–H groups in total. The summed E-state index contributed by atoms with van der Waals surface area (Å²) in [7, 11) is 3.11. The van der Waals surface area contributed by atoms with Crippen molar-refractivity contribution in [2.75, 3.05) is 20.8 Å². The summed E-state index contributed by atoms with van der Waals surface area (Å²) in [6.07, 6.45) is 3.09. The van der Waals surface area contributed by atoms with E-state index in [4.69, 9.17) is 9.47 Å². The van der Waals surface area contributed by atoms with Gasteiger partial charge in [-0.1, -0.05) is 12.5 Å². The molecule has 1 aliphatic heterocycles. The standard InChI is InChI=1S/C15H20BrNO3/c1-19-14-7-6-11(9-12(14)16)10-17-8-4-3-5-13(17)15(18)20-2/h6-7,9,13H,3-5,8,10H2,1-2H3/t13-/m1/s1. The van der Waals surface area contributed by atoms with E-state index in [0.29, 0.717) is 0 Å². The van der Waals surface area contributed by atoms with E-state index in [1.165, 1.54) is 7.11 Å². The van der Waals surface area contributed by atoms with Gasteiger partial charge in [-0.05, 0) is 53.0 Å². The van der Waals surface area contributed by atoms with Crippen LogP contribution in [0.4, 0.5) is 0 Å². The molecule has 110 valence electrons. The van der Waals surface area contributed by atoms with Gasteiger partial charge in [-0.3, -0.25) is 9.69 Å². The molecule has 0 radical (unpaired) electrons. The highest BCUT2D eigenvalue weighted by Gasteiger charge is 2.29. The normalized spacial score (nSPS) is 19.6. The second-order valence-electron chi connectivity index (χ2n) is 4.97. The lowest BCUT2D eigenvalue weighted by molar-refractivity contribution is -0.148. The molecule has 2 rings (SSSR count). The van der Waals surface area contributed by atoms with Crippen LogP contribution in [0.15, 0.2) is 22.7 Å². The molecular formula is C15H20BrNO3. The van der Waals surface area contributed by atoms with Crippen molar-refractivity contribution in [1.82, 2.24) is 4.90 Å². The number of hydrogen-bond acceptors (Lipinski definition) is 4. The third kappa shape index (κ3) is 3.52. The van der Waals surface area contributed by atoms with Crippen LogP contribution in [-0.2, 0) is 16.1 Å². The summed E-state index contributed by atoms with van der Waals surface area (Å²) in [6.45, 7) is 1.69. The first kappa shape index (κ1) is 15.3. The largest absolute Gasteiger partial charge is 0.496 e. The Hall–Kier alpha value is -1.07. The van der Waals surface area contributed by atoms with Crippen molar-refractivity contribution in [3.05, 3.63) is 28.2 Å². The van der Waals surface area contributed by atoms with Crippen molar-refractivity contribution in [2.45, 2.75) is 31.8 Å². The van der Waals surface area contributed by atoms with Gasteiger partial charge in [0.25, 0.3) is 0 Å². The summed E-state index contributed by atoms with van der Waals surface area (Å²) >= 11 is 3.49. The summed E-state index contributed by atoms with van der Waals surface area (Å²) in [4.78, 5) is 14.0. The molecule has 0 aromatic heterocycles. The van der Waals surface area contributed by atoms with Crippen molar-refractivity contribution >= 4 is 21.9 Å². The van der Waals surface area contributed by atoms with E-state index in [9.17, 15) is 4.79 Å².